The van der Waals surface area contributed by atoms with Crippen LogP contribution in [-0.2, 0) is 19.1 Å². The molecule has 5 nitrogen and oxygen atoms in total. The summed E-state index contributed by atoms with van der Waals surface area (Å²) in [4.78, 5) is 21.6. The molecule has 5 heteroatoms. The molecule has 0 radical (unpaired) electrons. The van der Waals surface area contributed by atoms with Gasteiger partial charge in [-0.1, -0.05) is 0 Å². The third-order valence-corrected chi connectivity index (χ3v) is 1.74. The van der Waals surface area contributed by atoms with Crippen molar-refractivity contribution in [1.82, 2.24) is 0 Å². The van der Waals surface area contributed by atoms with Crippen molar-refractivity contribution in [2.75, 3.05) is 6.61 Å². The molecule has 2 atom stereocenters. The van der Waals surface area contributed by atoms with Gasteiger partial charge in [0.15, 0.2) is 6.10 Å². The van der Waals surface area contributed by atoms with Crippen LogP contribution in [0.4, 0.5) is 0 Å². The number of carbonyl (C=O) groups excluding carboxylic acids is 2. The van der Waals surface area contributed by atoms with Crippen LogP contribution >= 0.6 is 0 Å². The fourth-order valence-corrected chi connectivity index (χ4v) is 1.17. The van der Waals surface area contributed by atoms with Crippen molar-refractivity contribution < 1.29 is 24.2 Å². The SMILES string of the molecule is CCOC(=O)C[C@H]1C[C@@H](O)C(=O)O1. The molecule has 1 rings (SSSR count). The monoisotopic (exact) mass is 188 g/mol. The van der Waals surface area contributed by atoms with E-state index in [1.807, 2.05) is 0 Å². The van der Waals surface area contributed by atoms with E-state index in [4.69, 9.17) is 9.84 Å². The third kappa shape index (κ3) is 2.69. The standard InChI is InChI=1S/C8H12O5/c1-2-12-7(10)4-5-3-6(9)8(11)13-5/h5-6,9H,2-4H2,1H3/t5-,6-/m1/s1. The van der Waals surface area contributed by atoms with Crippen molar-refractivity contribution in [2.45, 2.75) is 32.0 Å². The normalized spacial score (nSPS) is 27.1. The molecule has 13 heavy (non-hydrogen) atoms. The summed E-state index contributed by atoms with van der Waals surface area (Å²) in [5.74, 6) is -1.07. The zero-order valence-corrected chi connectivity index (χ0v) is 7.36. The zero-order valence-electron chi connectivity index (χ0n) is 7.36. The van der Waals surface area contributed by atoms with E-state index in [2.05, 4.69) is 4.74 Å². The van der Waals surface area contributed by atoms with Crippen molar-refractivity contribution in [2.24, 2.45) is 0 Å². The van der Waals surface area contributed by atoms with Crippen LogP contribution in [-0.4, -0.2) is 35.9 Å². The van der Waals surface area contributed by atoms with Crippen LogP contribution in [0.2, 0.25) is 0 Å². The van der Waals surface area contributed by atoms with Gasteiger partial charge in [0.2, 0.25) is 0 Å². The van der Waals surface area contributed by atoms with Gasteiger partial charge in [-0.05, 0) is 6.92 Å². The van der Waals surface area contributed by atoms with E-state index < -0.39 is 24.1 Å². The molecule has 1 saturated heterocycles. The first kappa shape index (κ1) is 9.98. The smallest absolute Gasteiger partial charge is 0.335 e. The first-order chi connectivity index (χ1) is 6.13. The molecule has 0 amide bonds. The highest BCUT2D eigenvalue weighted by Gasteiger charge is 2.34. The number of carbonyl (C=O) groups is 2. The molecule has 1 heterocycles. The molecule has 0 aromatic rings. The molecular formula is C8H12O5. The minimum absolute atomic E-state index is 0.0244. The number of hydrogen-bond acceptors (Lipinski definition) is 5. The second kappa shape index (κ2) is 4.23. The molecule has 1 fully saturated rings. The van der Waals surface area contributed by atoms with Gasteiger partial charge in [0.05, 0.1) is 13.0 Å². The highest BCUT2D eigenvalue weighted by atomic mass is 16.6. The lowest BCUT2D eigenvalue weighted by Gasteiger charge is -2.06. The van der Waals surface area contributed by atoms with E-state index in [1.165, 1.54) is 0 Å². The number of cyclic esters (lactones) is 1. The van der Waals surface area contributed by atoms with E-state index in [0.717, 1.165) is 0 Å². The van der Waals surface area contributed by atoms with Crippen LogP contribution in [0.3, 0.4) is 0 Å². The van der Waals surface area contributed by atoms with Gasteiger partial charge in [-0.15, -0.1) is 0 Å². The second-order valence-corrected chi connectivity index (χ2v) is 2.82. The Morgan fingerprint density at radius 3 is 2.92 bits per heavy atom. The van der Waals surface area contributed by atoms with Crippen molar-refractivity contribution in [3.05, 3.63) is 0 Å². The molecule has 0 aromatic carbocycles. The van der Waals surface area contributed by atoms with Gasteiger partial charge in [0, 0.05) is 6.42 Å². The van der Waals surface area contributed by atoms with E-state index in [-0.39, 0.29) is 12.8 Å². The summed E-state index contributed by atoms with van der Waals surface area (Å²) in [6.07, 6.45) is -1.41. The van der Waals surface area contributed by atoms with Crippen molar-refractivity contribution >= 4 is 11.9 Å². The van der Waals surface area contributed by atoms with Crippen molar-refractivity contribution in [1.29, 1.82) is 0 Å². The minimum atomic E-state index is -1.08. The van der Waals surface area contributed by atoms with Crippen molar-refractivity contribution in [3.8, 4) is 0 Å². The Morgan fingerprint density at radius 2 is 2.46 bits per heavy atom. The molecule has 0 unspecified atom stereocenters. The average molecular weight is 188 g/mol. The van der Waals surface area contributed by atoms with Gasteiger partial charge >= 0.3 is 11.9 Å². The first-order valence-electron chi connectivity index (χ1n) is 4.17. The number of rotatable bonds is 3. The Morgan fingerprint density at radius 1 is 1.77 bits per heavy atom. The highest BCUT2D eigenvalue weighted by Crippen LogP contribution is 2.17. The molecular weight excluding hydrogens is 176 g/mol. The summed E-state index contributed by atoms with van der Waals surface area (Å²) in [6, 6.07) is 0. The molecule has 0 aliphatic carbocycles. The quantitative estimate of drug-likeness (QED) is 0.611. The van der Waals surface area contributed by atoms with Crippen LogP contribution in [0, 0.1) is 0 Å². The van der Waals surface area contributed by atoms with Crippen LogP contribution in [0.1, 0.15) is 19.8 Å². The van der Waals surface area contributed by atoms with Gasteiger partial charge < -0.3 is 14.6 Å². The second-order valence-electron chi connectivity index (χ2n) is 2.82. The predicted molar refractivity (Wildman–Crippen MR) is 41.8 cm³/mol. The maximum absolute atomic E-state index is 10.9. The van der Waals surface area contributed by atoms with Crippen LogP contribution in [0.15, 0.2) is 0 Å². The Hall–Kier alpha value is -1.10. The minimum Gasteiger partial charge on any atom is -0.466 e. The Kier molecular flexibility index (Phi) is 3.25. The lowest BCUT2D eigenvalue weighted by Crippen LogP contribution is -2.15. The fraction of sp³-hybridized carbons (Fsp3) is 0.750. The number of ether oxygens (including phenoxy) is 2. The Balaban J connectivity index is 2.31. The van der Waals surface area contributed by atoms with Gasteiger partial charge in [-0.2, -0.15) is 0 Å². The lowest BCUT2D eigenvalue weighted by molar-refractivity contribution is -0.151. The van der Waals surface area contributed by atoms with E-state index >= 15 is 0 Å². The number of aliphatic hydroxyl groups excluding tert-OH is 1. The first-order valence-corrected chi connectivity index (χ1v) is 4.17. The molecule has 0 saturated carbocycles. The number of hydrogen-bond donors (Lipinski definition) is 1. The summed E-state index contributed by atoms with van der Waals surface area (Å²) >= 11 is 0. The summed E-state index contributed by atoms with van der Waals surface area (Å²) in [5.41, 5.74) is 0. The van der Waals surface area contributed by atoms with Gasteiger partial charge in [0.25, 0.3) is 0 Å². The molecule has 74 valence electrons. The largest absolute Gasteiger partial charge is 0.466 e. The number of aliphatic hydroxyl groups is 1. The Labute approximate surface area is 75.6 Å². The van der Waals surface area contributed by atoms with Gasteiger partial charge in [-0.25, -0.2) is 4.79 Å². The maximum Gasteiger partial charge on any atom is 0.335 e. The lowest BCUT2D eigenvalue weighted by atomic mass is 10.1. The molecule has 0 bridgehead atoms. The number of esters is 2. The topological polar surface area (TPSA) is 72.8 Å². The zero-order chi connectivity index (χ0) is 9.84. The fourth-order valence-electron chi connectivity index (χ4n) is 1.17. The van der Waals surface area contributed by atoms with Gasteiger partial charge in [0.1, 0.15) is 6.10 Å². The van der Waals surface area contributed by atoms with Crippen LogP contribution in [0.5, 0.6) is 0 Å². The van der Waals surface area contributed by atoms with E-state index in [0.29, 0.717) is 6.61 Å². The van der Waals surface area contributed by atoms with Crippen molar-refractivity contribution in [3.63, 3.8) is 0 Å². The van der Waals surface area contributed by atoms with Crippen LogP contribution in [0.25, 0.3) is 0 Å². The third-order valence-electron chi connectivity index (χ3n) is 1.74. The van der Waals surface area contributed by atoms with Gasteiger partial charge in [-0.3, -0.25) is 4.79 Å². The highest BCUT2D eigenvalue weighted by molar-refractivity contribution is 5.78. The van der Waals surface area contributed by atoms with E-state index in [9.17, 15) is 9.59 Å². The molecule has 1 N–H and O–H groups in total. The Bertz CT molecular complexity index is 213. The summed E-state index contributed by atoms with van der Waals surface area (Å²) in [6.45, 7) is 2.01. The summed E-state index contributed by atoms with van der Waals surface area (Å²) < 4.78 is 9.36. The van der Waals surface area contributed by atoms with Crippen LogP contribution < -0.4 is 0 Å². The maximum atomic E-state index is 10.9. The summed E-state index contributed by atoms with van der Waals surface area (Å²) in [7, 11) is 0. The molecule has 0 aromatic heterocycles. The molecule has 1 aliphatic heterocycles. The summed E-state index contributed by atoms with van der Waals surface area (Å²) in [5, 5.41) is 8.98. The van der Waals surface area contributed by atoms with E-state index in [1.54, 1.807) is 6.92 Å². The molecule has 0 spiro atoms. The predicted octanol–water partition coefficient (Wildman–Crippen LogP) is -0.384. The average Bonchev–Trinajstić information content (AvgIpc) is 2.31. The molecule has 1 aliphatic rings.